The number of hydrogen-bond acceptors (Lipinski definition) is 3. The van der Waals surface area contributed by atoms with Crippen LogP contribution >= 0.6 is 0 Å². The van der Waals surface area contributed by atoms with E-state index in [1.165, 1.54) is 6.08 Å². The summed E-state index contributed by atoms with van der Waals surface area (Å²) in [4.78, 5) is 0. The zero-order valence-electron chi connectivity index (χ0n) is 5.58. The smallest absolute Gasteiger partial charge is 0.0774 e. The van der Waals surface area contributed by atoms with Gasteiger partial charge in [-0.05, 0) is 13.0 Å². The summed E-state index contributed by atoms with van der Waals surface area (Å²) in [6, 6.07) is 0. The molecule has 0 aromatic carbocycles. The molecule has 0 spiro atoms. The van der Waals surface area contributed by atoms with Crippen LogP contribution in [0.15, 0.2) is 12.3 Å². The van der Waals surface area contributed by atoms with Crippen LogP contribution in [0.3, 0.4) is 0 Å². The molecule has 0 fully saturated rings. The Morgan fingerprint density at radius 3 is 2.89 bits per heavy atom. The van der Waals surface area contributed by atoms with Crippen LogP contribution in [0, 0.1) is 0 Å². The van der Waals surface area contributed by atoms with Crippen molar-refractivity contribution in [3.8, 4) is 0 Å². The number of rotatable bonds is 4. The molecule has 0 rings (SSSR count). The summed E-state index contributed by atoms with van der Waals surface area (Å²) in [6.07, 6.45) is 2.55. The molecule has 54 valence electrons. The Balaban J connectivity index is 3.06. The van der Waals surface area contributed by atoms with E-state index in [-0.39, 0.29) is 6.10 Å². The molecular formula is C6H13NO2. The second-order valence-corrected chi connectivity index (χ2v) is 1.76. The molecule has 0 radical (unpaired) electrons. The van der Waals surface area contributed by atoms with E-state index in [2.05, 4.69) is 0 Å². The van der Waals surface area contributed by atoms with E-state index in [0.29, 0.717) is 13.2 Å². The third-order valence-electron chi connectivity index (χ3n) is 0.914. The van der Waals surface area contributed by atoms with E-state index < -0.39 is 0 Å². The van der Waals surface area contributed by atoms with Gasteiger partial charge in [0.25, 0.3) is 0 Å². The van der Waals surface area contributed by atoms with Gasteiger partial charge < -0.3 is 15.6 Å². The molecule has 0 aliphatic rings. The molecule has 3 N–H and O–H groups in total. The van der Waals surface area contributed by atoms with Crippen LogP contribution in [0.2, 0.25) is 0 Å². The molecule has 0 saturated heterocycles. The average Bonchev–Trinajstić information content (AvgIpc) is 1.89. The largest absolute Gasteiger partial charge is 0.516 e. The van der Waals surface area contributed by atoms with Crippen molar-refractivity contribution in [1.29, 1.82) is 0 Å². The van der Waals surface area contributed by atoms with Gasteiger partial charge in [-0.25, -0.2) is 0 Å². The normalized spacial score (nSPS) is 14.4. The number of hydrogen-bond donors (Lipinski definition) is 2. The Bertz CT molecular complexity index is 83.1. The highest BCUT2D eigenvalue weighted by molar-refractivity contribution is 4.70. The lowest BCUT2D eigenvalue weighted by Crippen LogP contribution is -2.19. The summed E-state index contributed by atoms with van der Waals surface area (Å²) in [7, 11) is 0. The van der Waals surface area contributed by atoms with E-state index in [1.807, 2.05) is 6.92 Å². The van der Waals surface area contributed by atoms with Crippen molar-refractivity contribution < 1.29 is 9.84 Å². The zero-order valence-corrected chi connectivity index (χ0v) is 5.58. The van der Waals surface area contributed by atoms with Crippen molar-refractivity contribution in [2.75, 3.05) is 13.2 Å². The van der Waals surface area contributed by atoms with E-state index >= 15 is 0 Å². The van der Waals surface area contributed by atoms with Gasteiger partial charge in [0, 0.05) is 6.54 Å². The summed E-state index contributed by atoms with van der Waals surface area (Å²) in [6.45, 7) is 2.82. The van der Waals surface area contributed by atoms with Gasteiger partial charge in [0.15, 0.2) is 0 Å². The van der Waals surface area contributed by atoms with Gasteiger partial charge in [0.2, 0.25) is 0 Å². The molecule has 3 nitrogen and oxygen atoms in total. The van der Waals surface area contributed by atoms with Gasteiger partial charge >= 0.3 is 0 Å². The van der Waals surface area contributed by atoms with Crippen LogP contribution in [0.25, 0.3) is 0 Å². The fourth-order valence-electron chi connectivity index (χ4n) is 0.331. The molecular weight excluding hydrogens is 118 g/mol. The van der Waals surface area contributed by atoms with Gasteiger partial charge in [-0.15, -0.1) is 0 Å². The number of ether oxygens (including phenoxy) is 1. The molecule has 0 aromatic rings. The molecule has 0 amide bonds. The standard InChI is InChI=1S/C6H13NO2/c1-6(5-7)9-4-2-3-8/h2-3,6,8H,4-5,7H2,1H3/b3-2-. The Kier molecular flexibility index (Phi) is 5.26. The Morgan fingerprint density at radius 1 is 1.78 bits per heavy atom. The molecule has 1 unspecified atom stereocenters. The molecule has 0 aliphatic carbocycles. The van der Waals surface area contributed by atoms with E-state index in [4.69, 9.17) is 15.6 Å². The van der Waals surface area contributed by atoms with E-state index in [9.17, 15) is 0 Å². The molecule has 0 aliphatic heterocycles. The Hall–Kier alpha value is -0.540. The predicted molar refractivity (Wildman–Crippen MR) is 36.2 cm³/mol. The fourth-order valence-corrected chi connectivity index (χ4v) is 0.331. The molecule has 0 saturated carbocycles. The minimum atomic E-state index is 0.0706. The molecule has 9 heavy (non-hydrogen) atoms. The molecule has 3 heteroatoms. The first-order valence-electron chi connectivity index (χ1n) is 2.92. The van der Waals surface area contributed by atoms with Gasteiger partial charge in [-0.3, -0.25) is 0 Å². The first-order valence-corrected chi connectivity index (χ1v) is 2.92. The maximum absolute atomic E-state index is 8.16. The highest BCUT2D eigenvalue weighted by Crippen LogP contribution is 1.85. The predicted octanol–water partition coefficient (Wildman–Crippen LogP) is 0.422. The van der Waals surface area contributed by atoms with Crippen molar-refractivity contribution in [2.45, 2.75) is 13.0 Å². The maximum Gasteiger partial charge on any atom is 0.0774 e. The van der Waals surface area contributed by atoms with Crippen LogP contribution in [-0.4, -0.2) is 24.4 Å². The van der Waals surface area contributed by atoms with Crippen LogP contribution in [0.5, 0.6) is 0 Å². The minimum Gasteiger partial charge on any atom is -0.516 e. The van der Waals surface area contributed by atoms with Crippen molar-refractivity contribution >= 4 is 0 Å². The first-order chi connectivity index (χ1) is 4.31. The van der Waals surface area contributed by atoms with E-state index in [1.54, 1.807) is 0 Å². The molecule has 0 aromatic heterocycles. The average molecular weight is 131 g/mol. The van der Waals surface area contributed by atoms with Crippen LogP contribution in [-0.2, 0) is 4.74 Å². The lowest BCUT2D eigenvalue weighted by molar-refractivity contribution is 0.0939. The zero-order chi connectivity index (χ0) is 7.11. The highest BCUT2D eigenvalue weighted by Gasteiger charge is 1.93. The van der Waals surface area contributed by atoms with Gasteiger partial charge in [-0.2, -0.15) is 0 Å². The monoisotopic (exact) mass is 131 g/mol. The maximum atomic E-state index is 8.16. The summed E-state index contributed by atoms with van der Waals surface area (Å²) in [5.74, 6) is 0. The van der Waals surface area contributed by atoms with Crippen molar-refractivity contribution in [3.63, 3.8) is 0 Å². The summed E-state index contributed by atoms with van der Waals surface area (Å²) < 4.78 is 5.06. The SMILES string of the molecule is CC(CN)OC/C=C\O. The Labute approximate surface area is 55.1 Å². The Morgan fingerprint density at radius 2 is 2.44 bits per heavy atom. The summed E-state index contributed by atoms with van der Waals surface area (Å²) >= 11 is 0. The minimum absolute atomic E-state index is 0.0706. The second kappa shape index (κ2) is 5.59. The van der Waals surface area contributed by atoms with Crippen LogP contribution < -0.4 is 5.73 Å². The third kappa shape index (κ3) is 5.33. The van der Waals surface area contributed by atoms with Crippen molar-refractivity contribution in [1.82, 2.24) is 0 Å². The molecule has 1 atom stereocenters. The molecule has 0 heterocycles. The summed E-state index contributed by atoms with van der Waals surface area (Å²) in [5.41, 5.74) is 5.24. The van der Waals surface area contributed by atoms with Gasteiger partial charge in [-0.1, -0.05) is 0 Å². The van der Waals surface area contributed by atoms with Crippen LogP contribution in [0.1, 0.15) is 6.92 Å². The van der Waals surface area contributed by atoms with Crippen molar-refractivity contribution in [2.24, 2.45) is 5.73 Å². The van der Waals surface area contributed by atoms with Crippen LogP contribution in [0.4, 0.5) is 0 Å². The van der Waals surface area contributed by atoms with E-state index in [0.717, 1.165) is 6.26 Å². The summed E-state index contributed by atoms with van der Waals surface area (Å²) in [5, 5.41) is 8.16. The number of nitrogens with two attached hydrogens (primary N) is 1. The fraction of sp³-hybridized carbons (Fsp3) is 0.667. The highest BCUT2D eigenvalue weighted by atomic mass is 16.5. The first kappa shape index (κ1) is 8.46. The number of aliphatic hydroxyl groups is 1. The topological polar surface area (TPSA) is 55.5 Å². The number of aliphatic hydroxyl groups excluding tert-OH is 1. The lowest BCUT2D eigenvalue weighted by Gasteiger charge is -2.06. The van der Waals surface area contributed by atoms with Gasteiger partial charge in [0.05, 0.1) is 19.0 Å². The van der Waals surface area contributed by atoms with Crippen molar-refractivity contribution in [3.05, 3.63) is 12.3 Å². The third-order valence-corrected chi connectivity index (χ3v) is 0.914. The second-order valence-electron chi connectivity index (χ2n) is 1.76. The van der Waals surface area contributed by atoms with Gasteiger partial charge in [0.1, 0.15) is 0 Å². The quantitative estimate of drug-likeness (QED) is 0.544. The molecule has 0 bridgehead atoms. The lowest BCUT2D eigenvalue weighted by atomic mass is 10.4.